The average molecular weight is 254 g/mol. The molecule has 0 aliphatic carbocycles. The molecule has 2 rings (SSSR count). The Morgan fingerprint density at radius 2 is 1.76 bits per heavy atom. The quantitative estimate of drug-likeness (QED) is 0.897. The Hall–Kier alpha value is -1.07. The van der Waals surface area contributed by atoms with Gasteiger partial charge >= 0.3 is 10.2 Å². The van der Waals surface area contributed by atoms with Gasteiger partial charge in [-0.25, -0.2) is 0 Å². The smallest absolute Gasteiger partial charge is 0.271 e. The van der Waals surface area contributed by atoms with Crippen LogP contribution in [0.3, 0.4) is 0 Å². The van der Waals surface area contributed by atoms with Crippen molar-refractivity contribution in [3.8, 4) is 0 Å². The number of nitrogens with one attached hydrogen (secondary N) is 1. The highest BCUT2D eigenvalue weighted by Crippen LogP contribution is 2.19. The first-order valence-electron chi connectivity index (χ1n) is 5.84. The van der Waals surface area contributed by atoms with Gasteiger partial charge in [-0.05, 0) is 49.9 Å². The molecule has 5 heteroatoms. The van der Waals surface area contributed by atoms with E-state index in [1.54, 1.807) is 6.07 Å². The zero-order valence-electron chi connectivity index (χ0n) is 10.2. The summed E-state index contributed by atoms with van der Waals surface area (Å²) in [4.78, 5) is 0. The molecule has 0 bridgehead atoms. The van der Waals surface area contributed by atoms with Gasteiger partial charge in [-0.3, -0.25) is 4.72 Å². The number of hydrogen-bond donors (Lipinski definition) is 1. The van der Waals surface area contributed by atoms with E-state index in [9.17, 15) is 8.42 Å². The largest absolute Gasteiger partial charge is 0.301 e. The summed E-state index contributed by atoms with van der Waals surface area (Å²) in [6.45, 7) is 5.23. The van der Waals surface area contributed by atoms with Gasteiger partial charge in [-0.15, -0.1) is 0 Å². The summed E-state index contributed by atoms with van der Waals surface area (Å²) in [6, 6.07) is 5.59. The van der Waals surface area contributed by atoms with Crippen LogP contribution in [0.2, 0.25) is 0 Å². The van der Waals surface area contributed by atoms with E-state index in [1.165, 1.54) is 4.31 Å². The Bertz CT molecular complexity index is 505. The van der Waals surface area contributed by atoms with Gasteiger partial charge in [0, 0.05) is 13.1 Å². The van der Waals surface area contributed by atoms with Crippen LogP contribution in [-0.2, 0) is 10.2 Å². The highest BCUT2D eigenvalue weighted by Gasteiger charge is 2.24. The first kappa shape index (κ1) is 12.4. The Kier molecular flexibility index (Phi) is 3.40. The van der Waals surface area contributed by atoms with Crippen LogP contribution in [0.4, 0.5) is 5.69 Å². The molecule has 0 unspecified atom stereocenters. The van der Waals surface area contributed by atoms with Crippen LogP contribution in [0.5, 0.6) is 0 Å². The summed E-state index contributed by atoms with van der Waals surface area (Å²) >= 11 is 0. The number of benzene rings is 1. The molecule has 1 fully saturated rings. The Morgan fingerprint density at radius 3 is 2.35 bits per heavy atom. The van der Waals surface area contributed by atoms with Crippen LogP contribution in [0.25, 0.3) is 0 Å². The van der Waals surface area contributed by atoms with Gasteiger partial charge in [0.15, 0.2) is 0 Å². The molecule has 1 aromatic rings. The van der Waals surface area contributed by atoms with E-state index >= 15 is 0 Å². The topological polar surface area (TPSA) is 49.4 Å². The molecule has 17 heavy (non-hydrogen) atoms. The zero-order valence-corrected chi connectivity index (χ0v) is 11.0. The van der Waals surface area contributed by atoms with Crippen LogP contribution in [0, 0.1) is 13.8 Å². The first-order valence-corrected chi connectivity index (χ1v) is 7.28. The number of hydrogen-bond acceptors (Lipinski definition) is 2. The minimum Gasteiger partial charge on any atom is -0.271 e. The van der Waals surface area contributed by atoms with Crippen molar-refractivity contribution in [2.75, 3.05) is 17.8 Å². The van der Waals surface area contributed by atoms with Crippen molar-refractivity contribution in [1.29, 1.82) is 0 Å². The molecule has 4 nitrogen and oxygen atoms in total. The SMILES string of the molecule is Cc1ccc(NS(=O)(=O)N2CCCC2)cc1C. The van der Waals surface area contributed by atoms with Crippen LogP contribution >= 0.6 is 0 Å². The highest BCUT2D eigenvalue weighted by atomic mass is 32.2. The number of nitrogens with zero attached hydrogens (tertiary/aromatic N) is 1. The highest BCUT2D eigenvalue weighted by molar-refractivity contribution is 7.90. The van der Waals surface area contributed by atoms with Crippen molar-refractivity contribution in [3.63, 3.8) is 0 Å². The number of anilines is 1. The predicted octanol–water partition coefficient (Wildman–Crippen LogP) is 2.06. The molecular formula is C12H18N2O2S. The van der Waals surface area contributed by atoms with Crippen LogP contribution in [-0.4, -0.2) is 25.8 Å². The third-order valence-corrected chi connectivity index (χ3v) is 4.70. The normalized spacial score (nSPS) is 17.3. The third-order valence-electron chi connectivity index (χ3n) is 3.16. The van der Waals surface area contributed by atoms with Gasteiger partial charge in [-0.2, -0.15) is 12.7 Å². The van der Waals surface area contributed by atoms with Crippen LogP contribution in [0.1, 0.15) is 24.0 Å². The molecule has 0 radical (unpaired) electrons. The molecule has 1 aromatic carbocycles. The summed E-state index contributed by atoms with van der Waals surface area (Å²) in [5, 5.41) is 0. The van der Waals surface area contributed by atoms with Crippen molar-refractivity contribution in [3.05, 3.63) is 29.3 Å². The van der Waals surface area contributed by atoms with Gasteiger partial charge in [0.1, 0.15) is 0 Å². The molecule has 1 saturated heterocycles. The maximum atomic E-state index is 12.0. The van der Waals surface area contributed by atoms with Crippen molar-refractivity contribution in [2.24, 2.45) is 0 Å². The standard InChI is InChI=1S/C12H18N2O2S/c1-10-5-6-12(9-11(10)2)13-17(15,16)14-7-3-4-8-14/h5-6,9,13H,3-4,7-8H2,1-2H3. The molecule has 0 atom stereocenters. The molecule has 1 aliphatic rings. The van der Waals surface area contributed by atoms with Crippen LogP contribution in [0.15, 0.2) is 18.2 Å². The first-order chi connectivity index (χ1) is 7.99. The summed E-state index contributed by atoms with van der Waals surface area (Å²) in [5.74, 6) is 0. The van der Waals surface area contributed by atoms with Gasteiger partial charge in [-0.1, -0.05) is 6.07 Å². The van der Waals surface area contributed by atoms with E-state index in [2.05, 4.69) is 4.72 Å². The van der Waals surface area contributed by atoms with E-state index in [0.717, 1.165) is 24.0 Å². The lowest BCUT2D eigenvalue weighted by molar-refractivity contribution is 0.482. The van der Waals surface area contributed by atoms with E-state index in [1.807, 2.05) is 26.0 Å². The minimum absolute atomic E-state index is 0.625. The van der Waals surface area contributed by atoms with E-state index in [-0.39, 0.29) is 0 Å². The van der Waals surface area contributed by atoms with Gasteiger partial charge in [0.25, 0.3) is 0 Å². The molecule has 1 heterocycles. The fourth-order valence-corrected chi connectivity index (χ4v) is 3.24. The number of rotatable bonds is 3. The van der Waals surface area contributed by atoms with Crippen LogP contribution < -0.4 is 4.72 Å². The van der Waals surface area contributed by atoms with Crippen molar-refractivity contribution >= 4 is 15.9 Å². The van der Waals surface area contributed by atoms with Crippen molar-refractivity contribution in [2.45, 2.75) is 26.7 Å². The second-order valence-corrected chi connectivity index (χ2v) is 6.18. The van der Waals surface area contributed by atoms with Gasteiger partial charge < -0.3 is 0 Å². The minimum atomic E-state index is -3.36. The van der Waals surface area contributed by atoms with E-state index in [0.29, 0.717) is 18.8 Å². The lowest BCUT2D eigenvalue weighted by atomic mass is 10.1. The van der Waals surface area contributed by atoms with Gasteiger partial charge in [0.05, 0.1) is 5.69 Å². The third kappa shape index (κ3) is 2.79. The molecule has 0 amide bonds. The summed E-state index contributed by atoms with van der Waals surface area (Å²) < 4.78 is 28.2. The molecule has 0 saturated carbocycles. The lowest BCUT2D eigenvalue weighted by Gasteiger charge is -2.17. The maximum Gasteiger partial charge on any atom is 0.301 e. The summed E-state index contributed by atoms with van der Waals surface area (Å²) in [5.41, 5.74) is 2.89. The average Bonchev–Trinajstić information content (AvgIpc) is 2.77. The fourth-order valence-electron chi connectivity index (χ4n) is 1.95. The monoisotopic (exact) mass is 254 g/mol. The van der Waals surface area contributed by atoms with Crippen molar-refractivity contribution in [1.82, 2.24) is 4.31 Å². The Balaban J connectivity index is 2.17. The van der Waals surface area contributed by atoms with Crippen molar-refractivity contribution < 1.29 is 8.42 Å². The van der Waals surface area contributed by atoms with E-state index in [4.69, 9.17) is 0 Å². The molecule has 94 valence electrons. The predicted molar refractivity (Wildman–Crippen MR) is 69.3 cm³/mol. The van der Waals surface area contributed by atoms with Gasteiger partial charge in [0.2, 0.25) is 0 Å². The summed E-state index contributed by atoms with van der Waals surface area (Å²) in [6.07, 6.45) is 1.90. The lowest BCUT2D eigenvalue weighted by Crippen LogP contribution is -2.33. The molecule has 0 aromatic heterocycles. The van der Waals surface area contributed by atoms with E-state index < -0.39 is 10.2 Å². The molecule has 0 spiro atoms. The Labute approximate surface area is 103 Å². The maximum absolute atomic E-state index is 12.0. The second-order valence-electron chi connectivity index (χ2n) is 4.51. The molecule has 1 aliphatic heterocycles. The molecular weight excluding hydrogens is 236 g/mol. The molecule has 1 N–H and O–H groups in total. The Morgan fingerprint density at radius 1 is 1.12 bits per heavy atom. The zero-order chi connectivity index (χ0) is 12.5. The second kappa shape index (κ2) is 4.66. The fraction of sp³-hybridized carbons (Fsp3) is 0.500. The summed E-state index contributed by atoms with van der Waals surface area (Å²) in [7, 11) is -3.36. The number of aryl methyl sites for hydroxylation is 2.